The van der Waals surface area contributed by atoms with Crippen LogP contribution in [0.15, 0.2) is 23.8 Å². The Morgan fingerprint density at radius 1 is 1.41 bits per heavy atom. The molecule has 0 saturated carbocycles. The molecular formula is C22H32O7. The predicted octanol–water partition coefficient (Wildman–Crippen LogP) is 2.66. The second kappa shape index (κ2) is 7.85. The molecule has 2 bridgehead atoms. The van der Waals surface area contributed by atoms with Crippen molar-refractivity contribution >= 4 is 11.9 Å². The summed E-state index contributed by atoms with van der Waals surface area (Å²) in [6, 6.07) is 0. The molecule has 7 heteroatoms. The van der Waals surface area contributed by atoms with E-state index in [1.807, 2.05) is 13.8 Å². The highest BCUT2D eigenvalue weighted by molar-refractivity contribution is 5.91. The topological polar surface area (TPSA) is 91.3 Å². The summed E-state index contributed by atoms with van der Waals surface area (Å²) in [5.74, 6) is -3.30. The Morgan fingerprint density at radius 3 is 2.72 bits per heavy atom. The molecule has 3 aliphatic heterocycles. The summed E-state index contributed by atoms with van der Waals surface area (Å²) in [6.45, 7) is 13.5. The number of fused-ring (bicyclic) bond motifs is 3. The minimum atomic E-state index is -1.54. The molecule has 6 atom stereocenters. The average molecular weight is 408 g/mol. The van der Waals surface area contributed by atoms with Crippen molar-refractivity contribution in [3.63, 3.8) is 0 Å². The Kier molecular flexibility index (Phi) is 5.96. The molecule has 0 aromatic heterocycles. The van der Waals surface area contributed by atoms with Crippen LogP contribution in [0.25, 0.3) is 0 Å². The Labute approximate surface area is 172 Å². The van der Waals surface area contributed by atoms with Gasteiger partial charge < -0.3 is 24.1 Å². The highest BCUT2D eigenvalue weighted by Gasteiger charge is 2.59. The summed E-state index contributed by atoms with van der Waals surface area (Å²) in [5, 5.41) is 11.2. The van der Waals surface area contributed by atoms with E-state index >= 15 is 0 Å². The average Bonchev–Trinajstić information content (AvgIpc) is 3.06. The maximum atomic E-state index is 12.4. The quantitative estimate of drug-likeness (QED) is 0.425. The van der Waals surface area contributed by atoms with Crippen molar-refractivity contribution in [3.8, 4) is 0 Å². The van der Waals surface area contributed by atoms with Crippen LogP contribution in [0.4, 0.5) is 0 Å². The van der Waals surface area contributed by atoms with E-state index < -0.39 is 35.5 Å². The van der Waals surface area contributed by atoms with Gasteiger partial charge in [0.25, 0.3) is 0 Å². The summed E-state index contributed by atoms with van der Waals surface area (Å²) in [7, 11) is 0. The number of carbonyl (C=O) groups is 2. The van der Waals surface area contributed by atoms with E-state index in [0.717, 1.165) is 6.42 Å². The van der Waals surface area contributed by atoms with E-state index in [4.69, 9.17) is 18.9 Å². The number of aliphatic hydroxyl groups is 1. The lowest BCUT2D eigenvalue weighted by Crippen LogP contribution is -2.46. The maximum Gasteiger partial charge on any atom is 0.334 e. The maximum absolute atomic E-state index is 12.4. The van der Waals surface area contributed by atoms with Crippen LogP contribution in [0, 0.1) is 11.8 Å². The third kappa shape index (κ3) is 4.00. The monoisotopic (exact) mass is 408 g/mol. The number of esters is 2. The fourth-order valence-corrected chi connectivity index (χ4v) is 4.35. The zero-order chi connectivity index (χ0) is 21.6. The molecule has 1 N–H and O–H groups in total. The second-order valence-electron chi connectivity index (χ2n) is 8.87. The Balaban J connectivity index is 2.04. The van der Waals surface area contributed by atoms with Gasteiger partial charge in [-0.1, -0.05) is 27.4 Å². The van der Waals surface area contributed by atoms with Crippen LogP contribution in [-0.4, -0.2) is 53.4 Å². The van der Waals surface area contributed by atoms with Crippen LogP contribution in [0.1, 0.15) is 53.9 Å². The van der Waals surface area contributed by atoms with Gasteiger partial charge in [0.05, 0.1) is 23.5 Å². The van der Waals surface area contributed by atoms with Crippen molar-refractivity contribution in [2.24, 2.45) is 11.8 Å². The van der Waals surface area contributed by atoms with Crippen LogP contribution in [0.5, 0.6) is 0 Å². The summed E-state index contributed by atoms with van der Waals surface area (Å²) in [6.07, 6.45) is 1.25. The molecule has 2 unspecified atom stereocenters. The van der Waals surface area contributed by atoms with Gasteiger partial charge in [-0.2, -0.15) is 0 Å². The first-order valence-electron chi connectivity index (χ1n) is 10.3. The molecular weight excluding hydrogens is 376 g/mol. The Hall–Kier alpha value is -1.70. The van der Waals surface area contributed by atoms with E-state index in [0.29, 0.717) is 12.2 Å². The molecule has 3 rings (SSSR count). The molecule has 2 saturated heterocycles. The van der Waals surface area contributed by atoms with Crippen LogP contribution < -0.4 is 0 Å². The molecule has 0 spiro atoms. The SMILES string of the molecule is C=C1C(=O)O[C@@H]2/C=C(\C)[C@@]3(O)CC(OCCC)[C@@](C)(CC(OC(=O)C(C)C)[C@@H]12)O3. The fourth-order valence-electron chi connectivity index (χ4n) is 4.35. The molecule has 29 heavy (non-hydrogen) atoms. The smallest absolute Gasteiger partial charge is 0.334 e. The number of hydrogen-bond donors (Lipinski definition) is 1. The first-order chi connectivity index (χ1) is 13.5. The molecule has 2 fully saturated rings. The van der Waals surface area contributed by atoms with E-state index in [-0.39, 0.29) is 36.4 Å². The molecule has 162 valence electrons. The zero-order valence-corrected chi connectivity index (χ0v) is 17.9. The van der Waals surface area contributed by atoms with Gasteiger partial charge in [0, 0.05) is 25.0 Å². The number of rotatable bonds is 5. The van der Waals surface area contributed by atoms with Gasteiger partial charge in [-0.05, 0) is 31.9 Å². The highest BCUT2D eigenvalue weighted by atomic mass is 16.7. The molecule has 0 aliphatic carbocycles. The molecule has 0 radical (unpaired) electrons. The van der Waals surface area contributed by atoms with Gasteiger partial charge in [0.1, 0.15) is 12.2 Å². The number of carbonyl (C=O) groups excluding carboxylic acids is 2. The minimum absolute atomic E-state index is 0.250. The normalized spacial score (nSPS) is 41.1. The zero-order valence-electron chi connectivity index (χ0n) is 17.9. The lowest BCUT2D eigenvalue weighted by molar-refractivity contribution is -0.211. The second-order valence-corrected chi connectivity index (χ2v) is 8.87. The first kappa shape index (κ1) is 22.0. The van der Waals surface area contributed by atoms with Gasteiger partial charge in [0.2, 0.25) is 0 Å². The van der Waals surface area contributed by atoms with Crippen LogP contribution in [-0.2, 0) is 28.5 Å². The van der Waals surface area contributed by atoms with Gasteiger partial charge in [-0.3, -0.25) is 4.79 Å². The molecule has 0 amide bonds. The summed E-state index contributed by atoms with van der Waals surface area (Å²) in [4.78, 5) is 24.7. The molecule has 3 heterocycles. The number of hydrogen-bond acceptors (Lipinski definition) is 7. The minimum Gasteiger partial charge on any atom is -0.461 e. The van der Waals surface area contributed by atoms with Crippen molar-refractivity contribution < 1.29 is 33.6 Å². The van der Waals surface area contributed by atoms with Crippen molar-refractivity contribution in [2.75, 3.05) is 6.61 Å². The standard InChI is InChI=1S/C22H32O7/c1-7-8-26-17-11-22(25)13(4)9-15-18(14(5)20(24)27-15)16(10-21(17,6)29-22)28-19(23)12(2)3/h9,12,15-18,25H,5,7-8,10-11H2,1-4,6H3/b13-9+/t15-,16?,17?,18+,21-,22-/m1/s1. The van der Waals surface area contributed by atoms with Crippen LogP contribution >= 0.6 is 0 Å². The Morgan fingerprint density at radius 2 is 2.10 bits per heavy atom. The van der Waals surface area contributed by atoms with Crippen LogP contribution in [0.2, 0.25) is 0 Å². The van der Waals surface area contributed by atoms with Gasteiger partial charge >= 0.3 is 11.9 Å². The largest absolute Gasteiger partial charge is 0.461 e. The lowest BCUT2D eigenvalue weighted by atomic mass is 9.80. The summed E-state index contributed by atoms with van der Waals surface area (Å²) >= 11 is 0. The van der Waals surface area contributed by atoms with Gasteiger partial charge in [-0.15, -0.1) is 0 Å². The van der Waals surface area contributed by atoms with E-state index in [1.54, 1.807) is 26.8 Å². The van der Waals surface area contributed by atoms with E-state index in [1.165, 1.54) is 0 Å². The predicted molar refractivity (Wildman–Crippen MR) is 105 cm³/mol. The molecule has 0 aromatic carbocycles. The molecule has 0 aromatic rings. The third-order valence-corrected chi connectivity index (χ3v) is 6.11. The van der Waals surface area contributed by atoms with Gasteiger partial charge in [0.15, 0.2) is 5.79 Å². The highest BCUT2D eigenvalue weighted by Crippen LogP contribution is 2.49. The summed E-state index contributed by atoms with van der Waals surface area (Å²) in [5.41, 5.74) is -0.110. The van der Waals surface area contributed by atoms with E-state index in [2.05, 4.69) is 6.58 Å². The first-order valence-corrected chi connectivity index (χ1v) is 10.3. The number of ether oxygens (including phenoxy) is 4. The lowest BCUT2D eigenvalue weighted by Gasteiger charge is -2.36. The van der Waals surface area contributed by atoms with E-state index in [9.17, 15) is 14.7 Å². The van der Waals surface area contributed by atoms with Crippen LogP contribution in [0.3, 0.4) is 0 Å². The third-order valence-electron chi connectivity index (χ3n) is 6.11. The van der Waals surface area contributed by atoms with Crippen molar-refractivity contribution in [1.29, 1.82) is 0 Å². The molecule has 7 nitrogen and oxygen atoms in total. The van der Waals surface area contributed by atoms with Crippen molar-refractivity contribution in [1.82, 2.24) is 0 Å². The van der Waals surface area contributed by atoms with Gasteiger partial charge in [-0.25, -0.2) is 4.79 Å². The molecule has 3 aliphatic rings. The Bertz CT molecular complexity index is 727. The fraction of sp³-hybridized carbons (Fsp3) is 0.727. The van der Waals surface area contributed by atoms with Crippen molar-refractivity contribution in [3.05, 3.63) is 23.8 Å². The summed E-state index contributed by atoms with van der Waals surface area (Å²) < 4.78 is 23.5. The van der Waals surface area contributed by atoms with Crippen molar-refractivity contribution in [2.45, 2.75) is 83.6 Å².